The Morgan fingerprint density at radius 2 is 2.07 bits per heavy atom. The average molecular weight is 199 g/mol. The van der Waals surface area contributed by atoms with E-state index in [0.717, 1.165) is 19.3 Å². The minimum absolute atomic E-state index is 0.155. The average Bonchev–Trinajstić information content (AvgIpc) is 2.32. The quantitative estimate of drug-likeness (QED) is 0.393. The molecule has 1 aromatic carbocycles. The molecular weight excluding hydrogens is 186 g/mol. The number of benzene rings is 1. The summed E-state index contributed by atoms with van der Waals surface area (Å²) in [4.78, 5) is 2.85. The van der Waals surface area contributed by atoms with Crippen molar-refractivity contribution in [3.8, 4) is 0 Å². The van der Waals surface area contributed by atoms with Crippen LogP contribution in [0.1, 0.15) is 24.8 Å². The molecule has 2 rings (SSSR count). The highest BCUT2D eigenvalue weighted by Gasteiger charge is 2.13. The van der Waals surface area contributed by atoms with E-state index in [1.54, 1.807) is 0 Å². The van der Waals surface area contributed by atoms with Gasteiger partial charge in [0, 0.05) is 11.0 Å². The minimum Gasteiger partial charge on any atom is -0.0903 e. The van der Waals surface area contributed by atoms with Crippen molar-refractivity contribution >= 4 is 5.57 Å². The lowest BCUT2D eigenvalue weighted by molar-refractivity contribution is 0.611. The van der Waals surface area contributed by atoms with Crippen LogP contribution < -0.4 is 0 Å². The molecule has 3 heteroatoms. The summed E-state index contributed by atoms with van der Waals surface area (Å²) in [5.74, 6) is 0. The first-order valence-corrected chi connectivity index (χ1v) is 5.19. The molecule has 1 aliphatic carbocycles. The van der Waals surface area contributed by atoms with E-state index in [9.17, 15) is 0 Å². The van der Waals surface area contributed by atoms with E-state index < -0.39 is 0 Å². The molecule has 0 spiro atoms. The van der Waals surface area contributed by atoms with Crippen LogP contribution in [0.2, 0.25) is 0 Å². The largest absolute Gasteiger partial charge is 0.0903 e. The molecule has 0 heterocycles. The van der Waals surface area contributed by atoms with E-state index in [0.29, 0.717) is 0 Å². The SMILES string of the molecule is [N-]=[N+]=NC1CC=C(c2ccccc2)CC1. The maximum atomic E-state index is 8.34. The number of rotatable bonds is 2. The monoisotopic (exact) mass is 199 g/mol. The van der Waals surface area contributed by atoms with Crippen LogP contribution >= 0.6 is 0 Å². The second-order valence-electron chi connectivity index (χ2n) is 3.73. The zero-order valence-electron chi connectivity index (χ0n) is 8.50. The van der Waals surface area contributed by atoms with E-state index in [1.807, 2.05) is 6.07 Å². The van der Waals surface area contributed by atoms with Crippen LogP contribution in [0, 0.1) is 0 Å². The van der Waals surface area contributed by atoms with E-state index in [1.165, 1.54) is 11.1 Å². The Bertz CT molecular complexity index is 402. The van der Waals surface area contributed by atoms with Crippen LogP contribution in [-0.4, -0.2) is 6.04 Å². The van der Waals surface area contributed by atoms with Crippen LogP contribution in [0.15, 0.2) is 41.5 Å². The molecule has 0 bridgehead atoms. The van der Waals surface area contributed by atoms with Crippen molar-refractivity contribution in [3.05, 3.63) is 52.4 Å². The number of hydrogen-bond donors (Lipinski definition) is 0. The third-order valence-corrected chi connectivity index (χ3v) is 2.74. The van der Waals surface area contributed by atoms with Gasteiger partial charge in [0.25, 0.3) is 0 Å². The normalized spacial score (nSPS) is 20.3. The number of nitrogens with zero attached hydrogens (tertiary/aromatic N) is 3. The smallest absolute Gasteiger partial charge is 0.0411 e. The third kappa shape index (κ3) is 2.39. The van der Waals surface area contributed by atoms with E-state index in [2.05, 4.69) is 40.4 Å². The third-order valence-electron chi connectivity index (χ3n) is 2.74. The topological polar surface area (TPSA) is 48.8 Å². The van der Waals surface area contributed by atoms with Gasteiger partial charge in [-0.25, -0.2) is 0 Å². The first kappa shape index (κ1) is 9.81. The van der Waals surface area contributed by atoms with E-state index in [-0.39, 0.29) is 6.04 Å². The second-order valence-corrected chi connectivity index (χ2v) is 3.73. The summed E-state index contributed by atoms with van der Waals surface area (Å²) in [5, 5.41) is 3.75. The molecule has 0 radical (unpaired) electrons. The van der Waals surface area contributed by atoms with Gasteiger partial charge < -0.3 is 0 Å². The first-order valence-electron chi connectivity index (χ1n) is 5.19. The Labute approximate surface area is 89.1 Å². The van der Waals surface area contributed by atoms with Gasteiger partial charge in [-0.2, -0.15) is 0 Å². The fourth-order valence-corrected chi connectivity index (χ4v) is 1.91. The molecule has 3 nitrogen and oxygen atoms in total. The molecule has 0 amide bonds. The Kier molecular flexibility index (Phi) is 3.05. The van der Waals surface area contributed by atoms with Gasteiger partial charge in [-0.3, -0.25) is 0 Å². The van der Waals surface area contributed by atoms with Crippen molar-refractivity contribution in [2.75, 3.05) is 0 Å². The number of allylic oxidation sites excluding steroid dienone is 1. The molecule has 1 aromatic rings. The van der Waals surface area contributed by atoms with Crippen LogP contribution in [0.5, 0.6) is 0 Å². The van der Waals surface area contributed by atoms with Gasteiger partial charge in [0.2, 0.25) is 0 Å². The van der Waals surface area contributed by atoms with Gasteiger partial charge in [-0.05, 0) is 35.9 Å². The summed E-state index contributed by atoms with van der Waals surface area (Å²) >= 11 is 0. The maximum absolute atomic E-state index is 8.34. The first-order chi connectivity index (χ1) is 7.40. The van der Waals surface area contributed by atoms with Gasteiger partial charge in [-0.1, -0.05) is 41.5 Å². The fraction of sp³-hybridized carbons (Fsp3) is 0.333. The highest BCUT2D eigenvalue weighted by Crippen LogP contribution is 2.27. The lowest BCUT2D eigenvalue weighted by atomic mass is 9.91. The molecule has 0 N–H and O–H groups in total. The lowest BCUT2D eigenvalue weighted by Crippen LogP contribution is -2.07. The van der Waals surface area contributed by atoms with Crippen molar-refractivity contribution in [1.82, 2.24) is 0 Å². The number of azide groups is 1. The second kappa shape index (κ2) is 4.67. The van der Waals surface area contributed by atoms with Crippen molar-refractivity contribution in [2.45, 2.75) is 25.3 Å². The van der Waals surface area contributed by atoms with E-state index >= 15 is 0 Å². The number of hydrogen-bond acceptors (Lipinski definition) is 1. The summed E-state index contributed by atoms with van der Waals surface area (Å²) < 4.78 is 0. The van der Waals surface area contributed by atoms with Crippen LogP contribution in [0.25, 0.3) is 16.0 Å². The molecule has 1 atom stereocenters. The Morgan fingerprint density at radius 3 is 2.67 bits per heavy atom. The maximum Gasteiger partial charge on any atom is 0.0411 e. The summed E-state index contributed by atoms with van der Waals surface area (Å²) in [6.45, 7) is 0. The lowest BCUT2D eigenvalue weighted by Gasteiger charge is -2.17. The predicted octanol–water partition coefficient (Wildman–Crippen LogP) is 3.93. The van der Waals surface area contributed by atoms with Crippen LogP contribution in [0.3, 0.4) is 0 Å². The predicted molar refractivity (Wildman–Crippen MR) is 61.2 cm³/mol. The van der Waals surface area contributed by atoms with Crippen molar-refractivity contribution in [1.29, 1.82) is 0 Å². The van der Waals surface area contributed by atoms with Crippen molar-refractivity contribution < 1.29 is 0 Å². The molecule has 15 heavy (non-hydrogen) atoms. The summed E-state index contributed by atoms with van der Waals surface area (Å²) in [6.07, 6.45) is 5.03. The zero-order valence-corrected chi connectivity index (χ0v) is 8.50. The van der Waals surface area contributed by atoms with Gasteiger partial charge in [-0.15, -0.1) is 0 Å². The van der Waals surface area contributed by atoms with Crippen LogP contribution in [-0.2, 0) is 0 Å². The van der Waals surface area contributed by atoms with Gasteiger partial charge in [0.15, 0.2) is 0 Å². The molecule has 0 saturated heterocycles. The zero-order chi connectivity index (χ0) is 10.5. The van der Waals surface area contributed by atoms with E-state index in [4.69, 9.17) is 5.53 Å². The summed E-state index contributed by atoms with van der Waals surface area (Å²) in [5.41, 5.74) is 11.0. The molecule has 0 aromatic heterocycles. The molecule has 1 unspecified atom stereocenters. The molecule has 0 aliphatic heterocycles. The van der Waals surface area contributed by atoms with Crippen LogP contribution in [0.4, 0.5) is 0 Å². The van der Waals surface area contributed by atoms with Gasteiger partial charge >= 0.3 is 0 Å². The highest BCUT2D eigenvalue weighted by atomic mass is 15.1. The highest BCUT2D eigenvalue weighted by molar-refractivity contribution is 5.66. The van der Waals surface area contributed by atoms with Crippen molar-refractivity contribution in [3.63, 3.8) is 0 Å². The Hall–Kier alpha value is -1.73. The molecule has 76 valence electrons. The molecule has 0 saturated carbocycles. The Morgan fingerprint density at radius 1 is 1.27 bits per heavy atom. The fourth-order valence-electron chi connectivity index (χ4n) is 1.91. The standard InChI is InChI=1S/C12H13N3/c13-15-14-12-8-6-11(7-9-12)10-4-2-1-3-5-10/h1-6,12H,7-9H2. The summed E-state index contributed by atoms with van der Waals surface area (Å²) in [7, 11) is 0. The van der Waals surface area contributed by atoms with Crippen molar-refractivity contribution in [2.24, 2.45) is 5.11 Å². The summed E-state index contributed by atoms with van der Waals surface area (Å²) in [6, 6.07) is 10.5. The molecule has 0 fully saturated rings. The molecule has 1 aliphatic rings. The Balaban J connectivity index is 2.11. The van der Waals surface area contributed by atoms with Gasteiger partial charge in [0.05, 0.1) is 0 Å². The van der Waals surface area contributed by atoms with Gasteiger partial charge in [0.1, 0.15) is 0 Å². The molecular formula is C12H13N3. The minimum atomic E-state index is 0.155.